The van der Waals surface area contributed by atoms with Crippen molar-refractivity contribution in [2.24, 2.45) is 0 Å². The van der Waals surface area contributed by atoms with Gasteiger partial charge < -0.3 is 17.0 Å². The van der Waals surface area contributed by atoms with E-state index in [1.807, 2.05) is 18.5 Å². The van der Waals surface area contributed by atoms with Crippen molar-refractivity contribution in [3.05, 3.63) is 59.7 Å². The van der Waals surface area contributed by atoms with Crippen LogP contribution in [-0.2, 0) is 13.0 Å². The lowest BCUT2D eigenvalue weighted by Gasteiger charge is -2.03. The Balaban J connectivity index is 0.00000392. The Bertz CT molecular complexity index is 628. The van der Waals surface area contributed by atoms with Crippen molar-refractivity contribution in [3.63, 3.8) is 0 Å². The molecule has 28 heavy (non-hydrogen) atoms. The van der Waals surface area contributed by atoms with Crippen molar-refractivity contribution in [1.29, 1.82) is 0 Å². The first kappa shape index (κ1) is 24.8. The maximum Gasteiger partial charge on any atom is 0.171 e. The maximum absolute atomic E-state index is 4.18. The molecule has 0 saturated heterocycles. The topological polar surface area (TPSA) is 16.8 Å². The van der Waals surface area contributed by atoms with Gasteiger partial charge in [-0.3, -0.25) is 4.98 Å². The molecule has 2 heterocycles. The Kier molecular flexibility index (Phi) is 13.9. The van der Waals surface area contributed by atoms with Crippen LogP contribution in [0.5, 0.6) is 0 Å². The molecule has 0 spiro atoms. The Morgan fingerprint density at radius 1 is 0.750 bits per heavy atom. The predicted molar refractivity (Wildman–Crippen MR) is 115 cm³/mol. The van der Waals surface area contributed by atoms with Crippen molar-refractivity contribution in [3.8, 4) is 0 Å². The molecular formula is C25H39BrN2. The standard InChI is InChI=1S/C25H39N2.BrH/c1-23-17-20-27(22-24(23)2)19-13-11-9-7-5-3-4-6-8-10-12-15-25-16-14-18-26-21-25;/h14,16-18,20-22H,3-13,15,19H2,1-2H3;1H/q+1;/p-1. The molecule has 0 amide bonds. The molecule has 0 aliphatic heterocycles. The van der Waals surface area contributed by atoms with Crippen LogP contribution in [0.4, 0.5) is 0 Å². The van der Waals surface area contributed by atoms with Crippen LogP contribution in [0.15, 0.2) is 43.0 Å². The summed E-state index contributed by atoms with van der Waals surface area (Å²) in [5, 5.41) is 0. The van der Waals surface area contributed by atoms with Crippen molar-refractivity contribution in [2.75, 3.05) is 0 Å². The second kappa shape index (κ2) is 15.7. The highest BCUT2D eigenvalue weighted by molar-refractivity contribution is 5.16. The van der Waals surface area contributed by atoms with Gasteiger partial charge in [0.1, 0.15) is 6.54 Å². The summed E-state index contributed by atoms with van der Waals surface area (Å²) >= 11 is 0. The number of hydrogen-bond acceptors (Lipinski definition) is 1. The van der Waals surface area contributed by atoms with Gasteiger partial charge in [0.05, 0.1) is 0 Å². The number of aromatic nitrogens is 2. The molecule has 0 N–H and O–H groups in total. The van der Waals surface area contributed by atoms with Crippen LogP contribution in [0.2, 0.25) is 0 Å². The van der Waals surface area contributed by atoms with Gasteiger partial charge in [-0.1, -0.05) is 57.4 Å². The van der Waals surface area contributed by atoms with Gasteiger partial charge in [0, 0.05) is 30.4 Å². The van der Waals surface area contributed by atoms with E-state index in [9.17, 15) is 0 Å². The molecule has 0 unspecified atom stereocenters. The van der Waals surface area contributed by atoms with E-state index in [1.165, 1.54) is 100 Å². The molecule has 0 aliphatic rings. The van der Waals surface area contributed by atoms with Gasteiger partial charge in [-0.15, -0.1) is 0 Å². The minimum absolute atomic E-state index is 0. The van der Waals surface area contributed by atoms with E-state index >= 15 is 0 Å². The largest absolute Gasteiger partial charge is 1.00 e. The van der Waals surface area contributed by atoms with E-state index in [4.69, 9.17) is 0 Å². The zero-order valence-corrected chi connectivity index (χ0v) is 19.6. The van der Waals surface area contributed by atoms with Gasteiger partial charge in [0.2, 0.25) is 0 Å². The summed E-state index contributed by atoms with van der Waals surface area (Å²) in [6, 6.07) is 6.46. The summed E-state index contributed by atoms with van der Waals surface area (Å²) in [6.45, 7) is 5.55. The molecule has 3 heteroatoms. The quantitative estimate of drug-likeness (QED) is 0.320. The molecular weight excluding hydrogens is 408 g/mol. The average Bonchev–Trinajstić information content (AvgIpc) is 2.69. The van der Waals surface area contributed by atoms with Crippen LogP contribution < -0.4 is 21.5 Å². The summed E-state index contributed by atoms with van der Waals surface area (Å²) in [5.74, 6) is 0. The summed E-state index contributed by atoms with van der Waals surface area (Å²) in [6.07, 6.45) is 24.8. The van der Waals surface area contributed by atoms with Gasteiger partial charge in [0.15, 0.2) is 12.4 Å². The molecule has 0 radical (unpaired) electrons. The van der Waals surface area contributed by atoms with Crippen molar-refractivity contribution >= 4 is 0 Å². The number of pyridine rings is 2. The minimum Gasteiger partial charge on any atom is -1.00 e. The Labute approximate surface area is 183 Å². The molecule has 2 aromatic heterocycles. The van der Waals surface area contributed by atoms with Crippen LogP contribution in [0, 0.1) is 13.8 Å². The van der Waals surface area contributed by atoms with Crippen molar-refractivity contribution in [1.82, 2.24) is 4.98 Å². The van der Waals surface area contributed by atoms with E-state index in [-0.39, 0.29) is 17.0 Å². The van der Waals surface area contributed by atoms with Crippen LogP contribution in [0.1, 0.15) is 87.3 Å². The lowest BCUT2D eigenvalue weighted by atomic mass is 10.0. The third-order valence-corrected chi connectivity index (χ3v) is 5.60. The van der Waals surface area contributed by atoms with Crippen LogP contribution in [0.25, 0.3) is 0 Å². The number of nitrogens with zero attached hydrogens (tertiary/aromatic N) is 2. The lowest BCUT2D eigenvalue weighted by Crippen LogP contribution is -3.00. The highest BCUT2D eigenvalue weighted by atomic mass is 79.9. The van der Waals surface area contributed by atoms with Gasteiger partial charge >= 0.3 is 0 Å². The highest BCUT2D eigenvalue weighted by Crippen LogP contribution is 2.12. The summed E-state index contributed by atoms with van der Waals surface area (Å²) in [4.78, 5) is 4.18. The number of aryl methyl sites for hydroxylation is 4. The van der Waals surface area contributed by atoms with Crippen LogP contribution >= 0.6 is 0 Å². The summed E-state index contributed by atoms with van der Waals surface area (Å²) in [5.41, 5.74) is 4.17. The molecule has 0 atom stereocenters. The number of unbranched alkanes of at least 4 members (excludes halogenated alkanes) is 10. The SMILES string of the molecule is Cc1cc[n+](CCCCCCCCCCCCCc2cccnc2)cc1C.[Br-]. The van der Waals surface area contributed by atoms with E-state index in [0.29, 0.717) is 0 Å². The molecule has 0 saturated carbocycles. The predicted octanol–water partition coefficient (Wildman–Crippen LogP) is 3.52. The van der Waals surface area contributed by atoms with Crippen LogP contribution in [0.3, 0.4) is 0 Å². The summed E-state index contributed by atoms with van der Waals surface area (Å²) in [7, 11) is 0. The minimum atomic E-state index is 0. The third-order valence-electron chi connectivity index (χ3n) is 5.60. The van der Waals surface area contributed by atoms with Gasteiger partial charge in [-0.05, 0) is 50.3 Å². The first-order chi connectivity index (χ1) is 13.3. The molecule has 2 aromatic rings. The second-order valence-electron chi connectivity index (χ2n) is 8.05. The van der Waals surface area contributed by atoms with Gasteiger partial charge in [-0.2, -0.15) is 0 Å². The van der Waals surface area contributed by atoms with E-state index in [0.717, 1.165) is 0 Å². The fraction of sp³-hybridized carbons (Fsp3) is 0.600. The Morgan fingerprint density at radius 3 is 1.93 bits per heavy atom. The second-order valence-corrected chi connectivity index (χ2v) is 8.05. The van der Waals surface area contributed by atoms with E-state index in [2.05, 4.69) is 47.9 Å². The summed E-state index contributed by atoms with van der Waals surface area (Å²) < 4.78 is 2.34. The normalized spacial score (nSPS) is 10.6. The first-order valence-electron chi connectivity index (χ1n) is 11.1. The zero-order valence-electron chi connectivity index (χ0n) is 18.0. The molecule has 0 aliphatic carbocycles. The molecule has 2 rings (SSSR count). The highest BCUT2D eigenvalue weighted by Gasteiger charge is 2.02. The van der Waals surface area contributed by atoms with Crippen LogP contribution in [-0.4, -0.2) is 4.98 Å². The molecule has 0 bridgehead atoms. The zero-order chi connectivity index (χ0) is 19.2. The maximum atomic E-state index is 4.18. The van der Waals surface area contributed by atoms with Gasteiger partial charge in [0.25, 0.3) is 0 Å². The number of hydrogen-bond donors (Lipinski definition) is 0. The fourth-order valence-electron chi connectivity index (χ4n) is 3.63. The van der Waals surface area contributed by atoms with E-state index < -0.39 is 0 Å². The van der Waals surface area contributed by atoms with Gasteiger partial charge in [-0.25, -0.2) is 4.57 Å². The molecule has 0 fully saturated rings. The molecule has 0 aromatic carbocycles. The van der Waals surface area contributed by atoms with Crippen molar-refractivity contribution < 1.29 is 21.5 Å². The number of rotatable bonds is 14. The fourth-order valence-corrected chi connectivity index (χ4v) is 3.63. The third kappa shape index (κ3) is 10.9. The smallest absolute Gasteiger partial charge is 0.171 e. The Morgan fingerprint density at radius 2 is 1.36 bits per heavy atom. The number of halogens is 1. The Hall–Kier alpha value is -1.22. The van der Waals surface area contributed by atoms with Crippen molar-refractivity contribution in [2.45, 2.75) is 97.4 Å². The monoisotopic (exact) mass is 446 g/mol. The first-order valence-corrected chi connectivity index (χ1v) is 11.1. The lowest BCUT2D eigenvalue weighted by molar-refractivity contribution is -0.697. The molecule has 2 nitrogen and oxygen atoms in total. The van der Waals surface area contributed by atoms with E-state index in [1.54, 1.807) is 0 Å². The average molecular weight is 448 g/mol. The molecule has 156 valence electrons.